The second-order valence-corrected chi connectivity index (χ2v) is 6.32. The van der Waals surface area contributed by atoms with E-state index in [0.717, 1.165) is 24.2 Å². The number of alkyl carbamates (subject to hydrolysis) is 1. The van der Waals surface area contributed by atoms with Crippen LogP contribution in [0.3, 0.4) is 0 Å². The highest BCUT2D eigenvalue weighted by Gasteiger charge is 2.25. The van der Waals surface area contributed by atoms with E-state index in [1.54, 1.807) is 6.08 Å². The minimum atomic E-state index is -0.371. The van der Waals surface area contributed by atoms with Crippen LogP contribution in [-0.2, 0) is 11.2 Å². The molecule has 21 heavy (non-hydrogen) atoms. The molecule has 0 aromatic heterocycles. The molecule has 4 nitrogen and oxygen atoms in total. The largest absolute Gasteiger partial charge is 0.488 e. The van der Waals surface area contributed by atoms with Gasteiger partial charge in [0.15, 0.2) is 0 Å². The third kappa shape index (κ3) is 4.81. The van der Waals surface area contributed by atoms with Gasteiger partial charge in [-0.05, 0) is 44.9 Å². The molecule has 1 aromatic rings. The Bertz CT molecular complexity index is 502. The molecule has 1 fully saturated rings. The first-order valence-electron chi connectivity index (χ1n) is 7.23. The normalized spacial score (nSPS) is 22.1. The maximum atomic E-state index is 11.4. The fourth-order valence-electron chi connectivity index (χ4n) is 2.34. The van der Waals surface area contributed by atoms with Crippen LogP contribution in [0.4, 0.5) is 4.79 Å². The lowest BCUT2D eigenvalue weighted by atomic mass is 9.99. The number of ether oxygens (including phenoxy) is 2. The van der Waals surface area contributed by atoms with Crippen molar-refractivity contribution in [2.24, 2.45) is 0 Å². The topological polar surface area (TPSA) is 47.6 Å². The molecular formula is C17H23NO3. The zero-order valence-corrected chi connectivity index (χ0v) is 12.9. The quantitative estimate of drug-likeness (QED) is 0.863. The summed E-state index contributed by atoms with van der Waals surface area (Å²) in [7, 11) is 0. The van der Waals surface area contributed by atoms with Crippen molar-refractivity contribution >= 4 is 6.09 Å². The Balaban J connectivity index is 1.96. The Kier molecular flexibility index (Phi) is 4.56. The van der Waals surface area contributed by atoms with Gasteiger partial charge in [-0.15, -0.1) is 0 Å². The monoisotopic (exact) mass is 289 g/mol. The summed E-state index contributed by atoms with van der Waals surface area (Å²) in [6, 6.07) is 8.07. The number of hydrogen-bond acceptors (Lipinski definition) is 3. The minimum Gasteiger partial charge on any atom is -0.488 e. The molecule has 1 saturated heterocycles. The van der Waals surface area contributed by atoms with Crippen LogP contribution in [0.25, 0.3) is 0 Å². The fraction of sp³-hybridized carbons (Fsp3) is 0.471. The van der Waals surface area contributed by atoms with E-state index >= 15 is 0 Å². The molecule has 0 bridgehead atoms. The maximum Gasteiger partial charge on any atom is 0.407 e. The molecule has 0 saturated carbocycles. The third-order valence-electron chi connectivity index (χ3n) is 3.19. The van der Waals surface area contributed by atoms with Crippen molar-refractivity contribution in [2.45, 2.75) is 51.4 Å². The van der Waals surface area contributed by atoms with E-state index in [-0.39, 0.29) is 23.8 Å². The average Bonchev–Trinajstić information content (AvgIpc) is 2.38. The highest BCUT2D eigenvalue weighted by atomic mass is 16.6. The highest BCUT2D eigenvalue weighted by molar-refractivity contribution is 5.69. The van der Waals surface area contributed by atoms with Crippen molar-refractivity contribution in [2.75, 3.05) is 0 Å². The Labute approximate surface area is 126 Å². The molecule has 2 atom stereocenters. The van der Waals surface area contributed by atoms with E-state index in [9.17, 15) is 4.79 Å². The van der Waals surface area contributed by atoms with E-state index in [2.05, 4.69) is 11.9 Å². The van der Waals surface area contributed by atoms with Crippen LogP contribution < -0.4 is 10.1 Å². The molecule has 1 heterocycles. The molecule has 0 radical (unpaired) electrons. The van der Waals surface area contributed by atoms with Crippen molar-refractivity contribution in [3.8, 4) is 5.75 Å². The van der Waals surface area contributed by atoms with Crippen LogP contribution in [0.5, 0.6) is 5.75 Å². The van der Waals surface area contributed by atoms with Gasteiger partial charge in [0.05, 0.1) is 0 Å². The smallest absolute Gasteiger partial charge is 0.407 e. The van der Waals surface area contributed by atoms with Gasteiger partial charge in [-0.2, -0.15) is 0 Å². The van der Waals surface area contributed by atoms with Crippen LogP contribution in [0.1, 0.15) is 32.8 Å². The van der Waals surface area contributed by atoms with E-state index < -0.39 is 0 Å². The molecule has 1 amide bonds. The molecular weight excluding hydrogens is 266 g/mol. The van der Waals surface area contributed by atoms with Gasteiger partial charge in [0.2, 0.25) is 0 Å². The molecule has 1 aliphatic rings. The third-order valence-corrected chi connectivity index (χ3v) is 3.19. The number of nitrogens with one attached hydrogen (secondary N) is 1. The first-order chi connectivity index (χ1) is 9.85. The molecule has 0 aliphatic carbocycles. The predicted molar refractivity (Wildman–Crippen MR) is 82.5 cm³/mol. The fourth-order valence-corrected chi connectivity index (χ4v) is 2.34. The predicted octanol–water partition coefficient (Wildman–Crippen LogP) is 3.46. The Morgan fingerprint density at radius 3 is 2.62 bits per heavy atom. The van der Waals surface area contributed by atoms with Gasteiger partial charge in [-0.3, -0.25) is 0 Å². The first-order valence-corrected chi connectivity index (χ1v) is 7.23. The molecule has 114 valence electrons. The van der Waals surface area contributed by atoms with Crippen LogP contribution in [0.2, 0.25) is 0 Å². The molecule has 0 spiro atoms. The average molecular weight is 289 g/mol. The van der Waals surface area contributed by atoms with E-state index in [4.69, 9.17) is 9.47 Å². The summed E-state index contributed by atoms with van der Waals surface area (Å²) in [5.74, 6) is 0.853. The van der Waals surface area contributed by atoms with Crippen LogP contribution in [0, 0.1) is 0 Å². The molecule has 2 rings (SSSR count). The highest BCUT2D eigenvalue weighted by Crippen LogP contribution is 2.20. The van der Waals surface area contributed by atoms with Crippen molar-refractivity contribution in [3.05, 3.63) is 42.5 Å². The zero-order chi connectivity index (χ0) is 15.5. The zero-order valence-electron chi connectivity index (χ0n) is 12.9. The van der Waals surface area contributed by atoms with E-state index in [0.29, 0.717) is 0 Å². The van der Waals surface area contributed by atoms with Gasteiger partial charge >= 0.3 is 6.09 Å². The summed E-state index contributed by atoms with van der Waals surface area (Å²) in [4.78, 5) is 11.4. The van der Waals surface area contributed by atoms with Gasteiger partial charge in [-0.25, -0.2) is 4.79 Å². The number of hydrogen-bond donors (Lipinski definition) is 1. The number of rotatable bonds is 4. The molecule has 4 heteroatoms. The number of cyclic esters (lactones) is 1. The summed E-state index contributed by atoms with van der Waals surface area (Å²) in [5.41, 5.74) is 0.958. The summed E-state index contributed by atoms with van der Waals surface area (Å²) < 4.78 is 10.9. The molecule has 1 N–H and O–H groups in total. The Morgan fingerprint density at radius 2 is 2.05 bits per heavy atom. The summed E-state index contributed by atoms with van der Waals surface area (Å²) in [5, 5.41) is 2.84. The second-order valence-electron chi connectivity index (χ2n) is 6.32. The number of carbonyl (C=O) groups is 1. The van der Waals surface area contributed by atoms with E-state index in [1.807, 2.05) is 45.0 Å². The number of benzene rings is 1. The second kappa shape index (κ2) is 6.20. The maximum absolute atomic E-state index is 11.4. The number of carbonyl (C=O) groups excluding carboxylic acids is 1. The Morgan fingerprint density at radius 1 is 1.38 bits per heavy atom. The van der Waals surface area contributed by atoms with Gasteiger partial charge in [0, 0.05) is 12.5 Å². The van der Waals surface area contributed by atoms with Crippen molar-refractivity contribution in [1.29, 1.82) is 0 Å². The van der Waals surface area contributed by atoms with Crippen LogP contribution in [0.15, 0.2) is 36.9 Å². The standard InChI is InChI=1S/C17H23NO3/c1-5-14-11-13(18-16(19)20-14)10-12-6-8-15(9-7-12)21-17(2,3)4/h5-9,13-14H,1,10-11H2,2-4H3,(H,18,19). The molecule has 1 aliphatic heterocycles. The minimum absolute atomic E-state index is 0.0728. The van der Waals surface area contributed by atoms with Crippen molar-refractivity contribution in [1.82, 2.24) is 5.32 Å². The van der Waals surface area contributed by atoms with Gasteiger partial charge in [0.25, 0.3) is 0 Å². The van der Waals surface area contributed by atoms with Gasteiger partial charge in [-0.1, -0.05) is 24.8 Å². The lowest BCUT2D eigenvalue weighted by molar-refractivity contribution is 0.0825. The van der Waals surface area contributed by atoms with Gasteiger partial charge < -0.3 is 14.8 Å². The van der Waals surface area contributed by atoms with Gasteiger partial charge in [0.1, 0.15) is 17.5 Å². The van der Waals surface area contributed by atoms with E-state index in [1.165, 1.54) is 0 Å². The molecule has 2 unspecified atom stereocenters. The first kappa shape index (κ1) is 15.4. The van der Waals surface area contributed by atoms with Crippen LogP contribution in [-0.4, -0.2) is 23.8 Å². The SMILES string of the molecule is C=CC1CC(Cc2ccc(OC(C)(C)C)cc2)NC(=O)O1. The van der Waals surface area contributed by atoms with Crippen LogP contribution >= 0.6 is 0 Å². The Hall–Kier alpha value is -1.97. The summed E-state index contributed by atoms with van der Waals surface area (Å²) in [6.07, 6.45) is 2.62. The van der Waals surface area contributed by atoms with Crippen molar-refractivity contribution < 1.29 is 14.3 Å². The number of amides is 1. The molecule has 1 aromatic carbocycles. The van der Waals surface area contributed by atoms with Crippen molar-refractivity contribution in [3.63, 3.8) is 0 Å². The summed E-state index contributed by atoms with van der Waals surface area (Å²) >= 11 is 0. The lowest BCUT2D eigenvalue weighted by Crippen LogP contribution is -2.45. The summed E-state index contributed by atoms with van der Waals surface area (Å²) in [6.45, 7) is 9.75. The lowest BCUT2D eigenvalue weighted by Gasteiger charge is -2.28.